The third-order valence-electron chi connectivity index (χ3n) is 3.98. The molecule has 1 aromatic rings. The van der Waals surface area contributed by atoms with Crippen molar-refractivity contribution in [2.75, 3.05) is 25.0 Å². The van der Waals surface area contributed by atoms with Crippen molar-refractivity contribution in [3.05, 3.63) is 22.3 Å². The molecule has 1 aromatic heterocycles. The number of nitrogens with zero attached hydrogens (tertiary/aromatic N) is 4. The van der Waals surface area contributed by atoms with Gasteiger partial charge in [0.1, 0.15) is 17.0 Å². The van der Waals surface area contributed by atoms with Crippen LogP contribution in [0, 0.1) is 11.3 Å². The first-order valence-electron chi connectivity index (χ1n) is 6.94. The topological polar surface area (TPSA) is 80.5 Å². The molecule has 9 heteroatoms. The Bertz CT molecular complexity index is 642. The molecule has 0 aliphatic carbocycles. The number of carbonyl (C=O) groups is 1. The Morgan fingerprint density at radius 2 is 2.17 bits per heavy atom. The van der Waals surface area contributed by atoms with Crippen molar-refractivity contribution < 1.29 is 18.7 Å². The Balaban J connectivity index is 2.18. The summed E-state index contributed by atoms with van der Waals surface area (Å²) < 4.78 is 26.1. The van der Waals surface area contributed by atoms with Gasteiger partial charge >= 0.3 is 6.09 Å². The molecule has 0 unspecified atom stereocenters. The molecule has 2 rings (SSSR count). The van der Waals surface area contributed by atoms with Crippen LogP contribution in [-0.2, 0) is 0 Å². The number of halogens is 3. The molecule has 124 valence electrons. The lowest BCUT2D eigenvalue weighted by Crippen LogP contribution is -2.45. The maximum atomic E-state index is 13.1. The first-order chi connectivity index (χ1) is 10.8. The average Bonchev–Trinajstić information content (AvgIpc) is 2.53. The van der Waals surface area contributed by atoms with E-state index >= 15 is 0 Å². The Hall–Kier alpha value is -2.14. The Morgan fingerprint density at radius 3 is 2.65 bits per heavy atom. The predicted molar refractivity (Wildman–Crippen MR) is 79.9 cm³/mol. The summed E-state index contributed by atoms with van der Waals surface area (Å²) in [5.41, 5.74) is -0.752. The van der Waals surface area contributed by atoms with Gasteiger partial charge in [0, 0.05) is 31.7 Å². The summed E-state index contributed by atoms with van der Waals surface area (Å²) in [6, 6.07) is 2.70. The van der Waals surface area contributed by atoms with Crippen LogP contribution in [0.3, 0.4) is 0 Å². The van der Waals surface area contributed by atoms with Crippen LogP contribution in [-0.4, -0.2) is 47.3 Å². The van der Waals surface area contributed by atoms with Gasteiger partial charge in [-0.15, -0.1) is 0 Å². The zero-order valence-corrected chi connectivity index (χ0v) is 13.1. The lowest BCUT2D eigenvalue weighted by molar-refractivity contribution is 0.131. The second kappa shape index (κ2) is 6.96. The maximum absolute atomic E-state index is 13.1. The number of rotatable bonds is 3. The molecule has 6 nitrogen and oxygen atoms in total. The fourth-order valence-corrected chi connectivity index (χ4v) is 2.84. The van der Waals surface area contributed by atoms with Crippen molar-refractivity contribution in [2.24, 2.45) is 0 Å². The van der Waals surface area contributed by atoms with Crippen LogP contribution in [0.5, 0.6) is 0 Å². The number of aromatic nitrogens is 1. The van der Waals surface area contributed by atoms with Crippen LogP contribution in [0.25, 0.3) is 0 Å². The fraction of sp³-hybridized carbons (Fsp3) is 0.500. The van der Waals surface area contributed by atoms with Crippen LogP contribution in [0.15, 0.2) is 6.07 Å². The normalized spacial score (nSPS) is 15.6. The molecule has 1 fully saturated rings. The molecule has 1 amide bonds. The molecule has 0 saturated carbocycles. The summed E-state index contributed by atoms with van der Waals surface area (Å²) in [5, 5.41) is 17.6. The highest BCUT2D eigenvalue weighted by Crippen LogP contribution is 2.31. The van der Waals surface area contributed by atoms with Gasteiger partial charge in [0.05, 0.1) is 5.56 Å². The van der Waals surface area contributed by atoms with E-state index in [0.717, 1.165) is 0 Å². The van der Waals surface area contributed by atoms with Crippen molar-refractivity contribution in [3.8, 4) is 6.07 Å². The molecule has 1 aliphatic heterocycles. The summed E-state index contributed by atoms with van der Waals surface area (Å²) in [4.78, 5) is 18.0. The molecule has 0 atom stereocenters. The van der Waals surface area contributed by atoms with E-state index in [-0.39, 0.29) is 22.6 Å². The number of nitriles is 1. The third-order valence-corrected chi connectivity index (χ3v) is 4.25. The van der Waals surface area contributed by atoms with Gasteiger partial charge in [0.2, 0.25) is 0 Å². The number of piperidine rings is 1. The number of alkyl halides is 2. The van der Waals surface area contributed by atoms with E-state index in [0.29, 0.717) is 25.9 Å². The largest absolute Gasteiger partial charge is 0.465 e. The van der Waals surface area contributed by atoms with E-state index in [2.05, 4.69) is 4.98 Å². The van der Waals surface area contributed by atoms with Gasteiger partial charge in [-0.25, -0.2) is 18.6 Å². The van der Waals surface area contributed by atoms with Gasteiger partial charge in [0.15, 0.2) is 0 Å². The molecular formula is C14H15ClF2N4O2. The number of pyridine rings is 1. The van der Waals surface area contributed by atoms with Gasteiger partial charge in [0.25, 0.3) is 6.43 Å². The number of amides is 1. The van der Waals surface area contributed by atoms with E-state index in [4.69, 9.17) is 22.0 Å². The van der Waals surface area contributed by atoms with Gasteiger partial charge in [-0.2, -0.15) is 5.26 Å². The van der Waals surface area contributed by atoms with Crippen molar-refractivity contribution >= 4 is 23.5 Å². The highest BCUT2D eigenvalue weighted by Gasteiger charge is 2.27. The third kappa shape index (κ3) is 3.62. The minimum Gasteiger partial charge on any atom is -0.465 e. The van der Waals surface area contributed by atoms with Crippen LogP contribution in [0.1, 0.15) is 30.4 Å². The molecule has 1 saturated heterocycles. The van der Waals surface area contributed by atoms with E-state index in [1.807, 2.05) is 0 Å². The first kappa shape index (κ1) is 17.2. The second-order valence-corrected chi connectivity index (χ2v) is 5.62. The minimum absolute atomic E-state index is 0.118. The molecule has 1 aliphatic rings. The van der Waals surface area contributed by atoms with E-state index in [1.54, 1.807) is 11.0 Å². The summed E-state index contributed by atoms with van der Waals surface area (Å²) >= 11 is 5.84. The Morgan fingerprint density at radius 1 is 1.57 bits per heavy atom. The maximum Gasteiger partial charge on any atom is 0.407 e. The van der Waals surface area contributed by atoms with Crippen LogP contribution < -0.4 is 4.90 Å². The number of hydrogen-bond acceptors (Lipinski definition) is 4. The SMILES string of the molecule is CN(C(=O)O)C1CCN(c2cc(C(F)F)c(C#N)c(Cl)n2)CC1. The van der Waals surface area contributed by atoms with E-state index < -0.39 is 18.1 Å². The first-order valence-corrected chi connectivity index (χ1v) is 7.32. The van der Waals surface area contributed by atoms with Crippen molar-refractivity contribution in [1.29, 1.82) is 5.26 Å². The molecule has 0 bridgehead atoms. The van der Waals surface area contributed by atoms with Gasteiger partial charge < -0.3 is 14.9 Å². The van der Waals surface area contributed by atoms with Crippen LogP contribution >= 0.6 is 11.6 Å². The Kier molecular flexibility index (Phi) is 5.21. The second-order valence-electron chi connectivity index (χ2n) is 5.26. The number of carboxylic acid groups (broad SMARTS) is 1. The quantitative estimate of drug-likeness (QED) is 0.852. The van der Waals surface area contributed by atoms with E-state index in [1.165, 1.54) is 18.0 Å². The fourth-order valence-electron chi connectivity index (χ4n) is 2.60. The molecule has 2 heterocycles. The summed E-state index contributed by atoms with van der Waals surface area (Å²) in [5.74, 6) is 0.278. The lowest BCUT2D eigenvalue weighted by atomic mass is 10.0. The minimum atomic E-state index is -2.82. The molecular weight excluding hydrogens is 330 g/mol. The number of hydrogen-bond donors (Lipinski definition) is 1. The zero-order valence-electron chi connectivity index (χ0n) is 12.3. The summed E-state index contributed by atoms with van der Waals surface area (Å²) in [7, 11) is 1.51. The predicted octanol–water partition coefficient (Wildman–Crippen LogP) is 3.12. The van der Waals surface area contributed by atoms with Crippen molar-refractivity contribution in [1.82, 2.24) is 9.88 Å². The molecule has 0 spiro atoms. The molecule has 0 radical (unpaired) electrons. The zero-order chi connectivity index (χ0) is 17.1. The van der Waals surface area contributed by atoms with E-state index in [9.17, 15) is 13.6 Å². The monoisotopic (exact) mass is 344 g/mol. The number of anilines is 1. The lowest BCUT2D eigenvalue weighted by Gasteiger charge is -2.36. The van der Waals surface area contributed by atoms with Gasteiger partial charge in [-0.3, -0.25) is 0 Å². The van der Waals surface area contributed by atoms with Gasteiger partial charge in [-0.05, 0) is 18.9 Å². The molecule has 0 aromatic carbocycles. The smallest absolute Gasteiger partial charge is 0.407 e. The van der Waals surface area contributed by atoms with Crippen LogP contribution in [0.2, 0.25) is 5.15 Å². The van der Waals surface area contributed by atoms with Gasteiger partial charge in [-0.1, -0.05) is 11.6 Å². The molecule has 23 heavy (non-hydrogen) atoms. The standard InChI is InChI=1S/C14H15ClF2N4O2/c1-20(14(22)23)8-2-4-21(5-3-8)11-6-9(13(16)17)10(7-18)12(15)19-11/h6,8,13H,2-5H2,1H3,(H,22,23). The van der Waals surface area contributed by atoms with Crippen LogP contribution in [0.4, 0.5) is 19.4 Å². The Labute approximate surface area is 136 Å². The summed E-state index contributed by atoms with van der Waals surface area (Å²) in [6.07, 6.45) is -2.69. The highest BCUT2D eigenvalue weighted by molar-refractivity contribution is 6.30. The van der Waals surface area contributed by atoms with Crippen molar-refractivity contribution in [2.45, 2.75) is 25.3 Å². The van der Waals surface area contributed by atoms with Crippen molar-refractivity contribution in [3.63, 3.8) is 0 Å². The highest BCUT2D eigenvalue weighted by atomic mass is 35.5. The molecule has 1 N–H and O–H groups in total. The summed E-state index contributed by atoms with van der Waals surface area (Å²) in [6.45, 7) is 0.945. The average molecular weight is 345 g/mol.